The standard InChI is InChI=1S/C54H91N7O16S/c1-16-42-54(10,68)46(63)35(6)59(14)27-31(2)25-52(8,67)48(33(4)45(34(5)49(65)75-42)76-43-26-53(9,71-15)47(64)36(7)73-43)77-50-44(62)41(24-32(3)72-50)58(13)23-17-18-37-28-60(56-55-37)29-39-30-61(51(66)74-39)38-19-21-40(22-20-38)78(69,70)57(11)12/h19-22,28,31-36,39,41-48,50,62-64,67-68H,16-18,23-27,29-30H2,1-15H3/t31-,32-,33+,34-,35-,36+,39+,41+,42-,43+,44-,45+,46-,47+,48-,50?,52-,53-,54-/m1/s1. The molecular weight excluding hydrogens is 1030 g/mol. The van der Waals surface area contributed by atoms with Gasteiger partial charge in [0.1, 0.15) is 36.1 Å². The zero-order chi connectivity index (χ0) is 58.0. The fraction of sp³-hybridized carbons (Fsp3) is 0.815. The summed E-state index contributed by atoms with van der Waals surface area (Å²) in [6.45, 7) is 18.9. The summed E-state index contributed by atoms with van der Waals surface area (Å²) in [5.41, 5.74) is -3.37. The van der Waals surface area contributed by atoms with Crippen molar-refractivity contribution in [2.45, 2.75) is 216 Å². The van der Waals surface area contributed by atoms with Gasteiger partial charge >= 0.3 is 12.1 Å². The van der Waals surface area contributed by atoms with E-state index in [1.54, 1.807) is 71.5 Å². The predicted molar refractivity (Wildman–Crippen MR) is 286 cm³/mol. The number of benzene rings is 1. The van der Waals surface area contributed by atoms with E-state index in [0.717, 1.165) is 10.00 Å². The number of nitrogens with zero attached hydrogens (tertiary/aromatic N) is 7. The van der Waals surface area contributed by atoms with Crippen molar-refractivity contribution in [2.24, 2.45) is 17.8 Å². The largest absolute Gasteiger partial charge is 0.459 e. The molecule has 23 nitrogen and oxygen atoms in total. The van der Waals surface area contributed by atoms with E-state index in [1.165, 1.54) is 45.2 Å². The Bertz CT molecular complexity index is 2400. The highest BCUT2D eigenvalue weighted by Crippen LogP contribution is 2.40. The average Bonchev–Trinajstić information content (AvgIpc) is 3.99. The summed E-state index contributed by atoms with van der Waals surface area (Å²) in [6.07, 6.45) is -7.44. The van der Waals surface area contributed by atoms with Crippen molar-refractivity contribution in [3.8, 4) is 0 Å². The van der Waals surface area contributed by atoms with Crippen LogP contribution < -0.4 is 4.90 Å². The van der Waals surface area contributed by atoms with Crippen LogP contribution in [0.2, 0.25) is 0 Å². The molecule has 1 aromatic carbocycles. The Hall–Kier alpha value is -3.47. The molecule has 5 N–H and O–H groups in total. The van der Waals surface area contributed by atoms with E-state index in [1.807, 2.05) is 32.8 Å². The number of hydrogen-bond donors (Lipinski definition) is 5. The number of hydrogen-bond acceptors (Lipinski definition) is 20. The van der Waals surface area contributed by atoms with Crippen molar-refractivity contribution < 1.29 is 76.7 Å². The second kappa shape index (κ2) is 25.8. The van der Waals surface area contributed by atoms with Gasteiger partial charge in [0.2, 0.25) is 10.0 Å². The lowest BCUT2D eigenvalue weighted by Gasteiger charge is -2.49. The quantitative estimate of drug-likeness (QED) is 0.151. The fourth-order valence-electron chi connectivity index (χ4n) is 11.9. The summed E-state index contributed by atoms with van der Waals surface area (Å²) in [5.74, 6) is -2.87. The van der Waals surface area contributed by atoms with Gasteiger partial charge < -0.3 is 68.5 Å². The minimum Gasteiger partial charge on any atom is -0.459 e. The summed E-state index contributed by atoms with van der Waals surface area (Å²) in [4.78, 5) is 32.9. The highest BCUT2D eigenvalue weighted by atomic mass is 32.2. The van der Waals surface area contributed by atoms with Crippen molar-refractivity contribution in [2.75, 3.05) is 59.8 Å². The molecule has 1 unspecified atom stereocenters. The number of methoxy groups -OCH3 is 1. The molecule has 4 fully saturated rings. The van der Waals surface area contributed by atoms with Crippen LogP contribution in [-0.4, -0.2) is 226 Å². The molecule has 0 radical (unpaired) electrons. The first-order valence-corrected chi connectivity index (χ1v) is 29.0. The van der Waals surface area contributed by atoms with Crippen LogP contribution in [0.4, 0.5) is 10.5 Å². The highest BCUT2D eigenvalue weighted by molar-refractivity contribution is 7.89. The van der Waals surface area contributed by atoms with Crippen LogP contribution in [0.5, 0.6) is 0 Å². The number of carbonyl (C=O) groups is 2. The molecule has 0 bridgehead atoms. The van der Waals surface area contributed by atoms with Gasteiger partial charge in [-0.25, -0.2) is 22.2 Å². The van der Waals surface area contributed by atoms with E-state index >= 15 is 0 Å². The lowest BCUT2D eigenvalue weighted by Crippen LogP contribution is -2.60. The molecule has 6 rings (SSSR count). The zero-order valence-corrected chi connectivity index (χ0v) is 49.3. The molecule has 444 valence electrons. The van der Waals surface area contributed by atoms with Crippen LogP contribution in [0.25, 0.3) is 0 Å². The minimum absolute atomic E-state index is 0.0832. The van der Waals surface area contributed by atoms with Crippen LogP contribution in [0, 0.1) is 17.8 Å². The molecule has 78 heavy (non-hydrogen) atoms. The first-order valence-electron chi connectivity index (χ1n) is 27.5. The van der Waals surface area contributed by atoms with Crippen LogP contribution in [0.15, 0.2) is 35.4 Å². The second-order valence-corrected chi connectivity index (χ2v) is 25.8. The van der Waals surface area contributed by atoms with E-state index in [-0.39, 0.29) is 49.3 Å². The molecule has 4 aliphatic rings. The number of aliphatic hydroxyl groups is 5. The van der Waals surface area contributed by atoms with Gasteiger partial charge in [0, 0.05) is 64.1 Å². The molecule has 0 aliphatic carbocycles. The van der Waals surface area contributed by atoms with Crippen molar-refractivity contribution in [3.63, 3.8) is 0 Å². The first kappa shape index (κ1) is 63.7. The third kappa shape index (κ3) is 14.4. The smallest absolute Gasteiger partial charge is 0.414 e. The number of aryl methyl sites for hydroxylation is 1. The number of amides is 1. The number of esters is 1. The minimum atomic E-state index is -3.63. The molecule has 0 saturated carbocycles. The van der Waals surface area contributed by atoms with Crippen molar-refractivity contribution in [1.29, 1.82) is 0 Å². The number of sulfonamides is 1. The molecule has 2 aromatic rings. The normalized spacial score (nSPS) is 39.2. The number of aromatic nitrogens is 3. The van der Waals surface area contributed by atoms with Crippen molar-refractivity contribution in [3.05, 3.63) is 36.2 Å². The van der Waals surface area contributed by atoms with Crippen LogP contribution in [0.1, 0.15) is 107 Å². The van der Waals surface area contributed by atoms with Gasteiger partial charge in [0.15, 0.2) is 12.6 Å². The molecule has 19 atom stereocenters. The van der Waals surface area contributed by atoms with Crippen LogP contribution in [0.3, 0.4) is 0 Å². The van der Waals surface area contributed by atoms with E-state index in [4.69, 9.17) is 33.2 Å². The summed E-state index contributed by atoms with van der Waals surface area (Å²) >= 11 is 0. The zero-order valence-electron chi connectivity index (χ0n) is 48.5. The van der Waals surface area contributed by atoms with Gasteiger partial charge in [-0.2, -0.15) is 0 Å². The summed E-state index contributed by atoms with van der Waals surface area (Å²) in [5, 5.41) is 68.4. The molecule has 4 aliphatic heterocycles. The van der Waals surface area contributed by atoms with Crippen LogP contribution in [-0.2, 0) is 60.9 Å². The van der Waals surface area contributed by atoms with E-state index in [9.17, 15) is 43.5 Å². The Balaban J connectivity index is 1.18. The van der Waals surface area contributed by atoms with E-state index in [0.29, 0.717) is 38.0 Å². The highest BCUT2D eigenvalue weighted by Gasteiger charge is 2.53. The number of carbonyl (C=O) groups excluding carboxylic acids is 2. The Morgan fingerprint density at radius 3 is 2.19 bits per heavy atom. The molecule has 4 saturated heterocycles. The second-order valence-electron chi connectivity index (χ2n) is 23.6. The van der Waals surface area contributed by atoms with Gasteiger partial charge in [-0.3, -0.25) is 9.69 Å². The maximum atomic E-state index is 14.5. The third-order valence-corrected chi connectivity index (χ3v) is 18.7. The van der Waals surface area contributed by atoms with Gasteiger partial charge in [0.25, 0.3) is 0 Å². The topological polar surface area (TPSA) is 278 Å². The maximum absolute atomic E-state index is 14.5. The lowest BCUT2D eigenvalue weighted by atomic mass is 9.77. The predicted octanol–water partition coefficient (Wildman–Crippen LogP) is 2.77. The summed E-state index contributed by atoms with van der Waals surface area (Å²) in [7, 11) is 4.51. The molecular formula is C54H91N7O16S. The molecule has 5 heterocycles. The Labute approximate surface area is 461 Å². The number of ether oxygens (including phenoxy) is 7. The first-order chi connectivity index (χ1) is 36.3. The number of anilines is 1. The van der Waals surface area contributed by atoms with E-state index in [2.05, 4.69) is 15.2 Å². The molecule has 1 amide bonds. The summed E-state index contributed by atoms with van der Waals surface area (Å²) in [6, 6.07) is 5.02. The van der Waals surface area contributed by atoms with Crippen molar-refractivity contribution in [1.82, 2.24) is 29.1 Å². The van der Waals surface area contributed by atoms with Gasteiger partial charge in [0.05, 0.1) is 65.2 Å². The van der Waals surface area contributed by atoms with Crippen LogP contribution >= 0.6 is 0 Å². The number of rotatable bonds is 16. The molecule has 24 heteroatoms. The monoisotopic (exact) mass is 1130 g/mol. The van der Waals surface area contributed by atoms with Gasteiger partial charge in [-0.15, -0.1) is 5.10 Å². The Morgan fingerprint density at radius 1 is 0.897 bits per heavy atom. The van der Waals surface area contributed by atoms with Crippen molar-refractivity contribution >= 4 is 27.8 Å². The van der Waals surface area contributed by atoms with Gasteiger partial charge in [-0.05, 0) is 131 Å². The fourth-order valence-corrected chi connectivity index (χ4v) is 12.8. The summed E-state index contributed by atoms with van der Waals surface area (Å²) < 4.78 is 71.8. The third-order valence-electron chi connectivity index (χ3n) is 16.8. The van der Waals surface area contributed by atoms with E-state index < -0.39 is 124 Å². The lowest BCUT2D eigenvalue weighted by molar-refractivity contribution is -0.318. The maximum Gasteiger partial charge on any atom is 0.414 e. The molecule has 0 spiro atoms. The Morgan fingerprint density at radius 2 is 1.56 bits per heavy atom. The SMILES string of the molecule is CC[C@H]1OC(=O)[C@H](C)[C@@H](O[C@H]2C[C@@](C)(OC)[C@@H](O)[C@H](C)O2)[C@H](C)[C@@H](OC2O[C@H](C)C[C@H](N(C)CCCc3cn(C[C@H]4CN(c5ccc(S(=O)(=O)N(C)C)cc5)C(=O)O4)nn3)[C@H]2O)[C@](C)(O)C[C@@H](C)CN(C)[C@H](C)[C@@H](O)[C@]1(C)O. The number of aliphatic hydroxyl groups excluding tert-OH is 3. The number of likely N-dealkylation sites (N-methyl/N-ethyl adjacent to an activating group) is 2. The Kier molecular flexibility index (Phi) is 21.0. The average molecular weight is 1130 g/mol. The number of cyclic esters (lactones) is 2. The van der Waals surface area contributed by atoms with Gasteiger partial charge in [-0.1, -0.05) is 26.0 Å². The molecule has 1 aromatic heterocycles.